The molecule has 3 nitrogen and oxygen atoms in total. The first-order chi connectivity index (χ1) is 9.49. The van der Waals surface area contributed by atoms with E-state index >= 15 is 0 Å². The Morgan fingerprint density at radius 3 is 2.55 bits per heavy atom. The number of carbonyl (C=O) groups excluding carboxylic acids is 1. The molecule has 1 heterocycles. The average Bonchev–Trinajstić information content (AvgIpc) is 3.13. The Hall–Kier alpha value is -1.49. The number of nitrogens with zero attached hydrogens (tertiary/aromatic N) is 1. The Bertz CT molecular complexity index is 543. The summed E-state index contributed by atoms with van der Waals surface area (Å²) in [5, 5.41) is 3.20. The van der Waals surface area contributed by atoms with Gasteiger partial charge in [0, 0.05) is 17.7 Å². The quantitative estimate of drug-likeness (QED) is 0.923. The molecule has 1 amide bonds. The molecule has 2 unspecified atom stereocenters. The van der Waals surface area contributed by atoms with E-state index in [0.717, 1.165) is 18.9 Å². The van der Waals surface area contributed by atoms with Crippen LogP contribution in [0, 0.1) is 17.6 Å². The van der Waals surface area contributed by atoms with E-state index in [0.29, 0.717) is 5.56 Å². The maximum absolute atomic E-state index is 14.0. The molecule has 1 aliphatic carbocycles. The van der Waals surface area contributed by atoms with Crippen molar-refractivity contribution < 1.29 is 13.6 Å². The number of hydrogen-bond acceptors (Lipinski definition) is 2. The van der Waals surface area contributed by atoms with Gasteiger partial charge in [0.2, 0.25) is 5.91 Å². The molecule has 2 atom stereocenters. The zero-order valence-electron chi connectivity index (χ0n) is 11.6. The lowest BCUT2D eigenvalue weighted by Crippen LogP contribution is -2.35. The minimum Gasteiger partial charge on any atom is -0.318 e. The van der Waals surface area contributed by atoms with E-state index in [4.69, 9.17) is 0 Å². The van der Waals surface area contributed by atoms with Gasteiger partial charge in [-0.05, 0) is 30.9 Å². The highest BCUT2D eigenvalue weighted by molar-refractivity contribution is 5.85. The Labute approximate surface area is 117 Å². The van der Waals surface area contributed by atoms with Crippen LogP contribution >= 0.6 is 0 Å². The van der Waals surface area contributed by atoms with Crippen molar-refractivity contribution in [2.24, 2.45) is 5.92 Å². The van der Waals surface area contributed by atoms with E-state index in [1.54, 1.807) is 4.90 Å². The third-order valence-corrected chi connectivity index (χ3v) is 4.00. The average molecular weight is 280 g/mol. The van der Waals surface area contributed by atoms with Gasteiger partial charge in [0.1, 0.15) is 17.8 Å². The van der Waals surface area contributed by atoms with Crippen molar-refractivity contribution in [3.8, 4) is 0 Å². The van der Waals surface area contributed by atoms with Gasteiger partial charge in [-0.2, -0.15) is 0 Å². The van der Waals surface area contributed by atoms with Crippen LogP contribution in [0.5, 0.6) is 0 Å². The van der Waals surface area contributed by atoms with E-state index in [1.807, 2.05) is 13.8 Å². The van der Waals surface area contributed by atoms with Crippen LogP contribution in [0.15, 0.2) is 18.2 Å². The lowest BCUT2D eigenvalue weighted by atomic mass is 10.1. The summed E-state index contributed by atoms with van der Waals surface area (Å²) in [4.78, 5) is 14.2. The SMILES string of the molecule is CC(C)C1NC(c2ccc(F)cc2F)N(C2CC2)C1=O. The van der Waals surface area contributed by atoms with Crippen LogP contribution in [-0.2, 0) is 4.79 Å². The highest BCUT2D eigenvalue weighted by Gasteiger charge is 2.48. The molecule has 0 radical (unpaired) electrons. The molecule has 1 aliphatic heterocycles. The summed E-state index contributed by atoms with van der Waals surface area (Å²) in [5.41, 5.74) is 0.342. The van der Waals surface area contributed by atoms with Crippen LogP contribution in [-0.4, -0.2) is 22.9 Å². The van der Waals surface area contributed by atoms with Gasteiger partial charge in [0.15, 0.2) is 0 Å². The summed E-state index contributed by atoms with van der Waals surface area (Å²) in [6, 6.07) is 3.42. The van der Waals surface area contributed by atoms with Gasteiger partial charge >= 0.3 is 0 Å². The topological polar surface area (TPSA) is 32.3 Å². The van der Waals surface area contributed by atoms with Gasteiger partial charge in [0.25, 0.3) is 0 Å². The van der Waals surface area contributed by atoms with E-state index in [9.17, 15) is 13.6 Å². The van der Waals surface area contributed by atoms with E-state index in [1.165, 1.54) is 12.1 Å². The van der Waals surface area contributed by atoms with Gasteiger partial charge in [-0.25, -0.2) is 8.78 Å². The highest BCUT2D eigenvalue weighted by atomic mass is 19.1. The van der Waals surface area contributed by atoms with Crippen LogP contribution in [0.4, 0.5) is 8.78 Å². The molecule has 0 spiro atoms. The molecule has 1 saturated heterocycles. The maximum Gasteiger partial charge on any atom is 0.241 e. The van der Waals surface area contributed by atoms with Crippen LogP contribution in [0.1, 0.15) is 38.4 Å². The summed E-state index contributed by atoms with van der Waals surface area (Å²) < 4.78 is 27.0. The molecule has 2 aliphatic rings. The number of rotatable bonds is 3. The molecule has 3 rings (SSSR count). The van der Waals surface area contributed by atoms with Gasteiger partial charge in [0.05, 0.1) is 6.04 Å². The van der Waals surface area contributed by atoms with Gasteiger partial charge < -0.3 is 4.90 Å². The first kappa shape index (κ1) is 13.5. The summed E-state index contributed by atoms with van der Waals surface area (Å²) in [6.07, 6.45) is 1.43. The fraction of sp³-hybridized carbons (Fsp3) is 0.533. The molecule has 20 heavy (non-hydrogen) atoms. The molecule has 1 aromatic carbocycles. The standard InChI is InChI=1S/C15H18F2N2O/c1-8(2)13-15(20)19(10-4-5-10)14(18-13)11-6-3-9(16)7-12(11)17/h3,6-8,10,13-14,18H,4-5H2,1-2H3. The molecule has 108 valence electrons. The molecular weight excluding hydrogens is 262 g/mol. The molecular formula is C15H18F2N2O. The number of amides is 1. The third kappa shape index (κ3) is 2.20. The summed E-state index contributed by atoms with van der Waals surface area (Å²) in [6.45, 7) is 3.92. The zero-order valence-corrected chi connectivity index (χ0v) is 11.6. The molecule has 1 aromatic rings. The molecule has 5 heteroatoms. The number of halogens is 2. The van der Waals surface area contributed by atoms with Crippen LogP contribution in [0.3, 0.4) is 0 Å². The van der Waals surface area contributed by atoms with Crippen molar-refractivity contribution in [2.45, 2.75) is 44.9 Å². The smallest absolute Gasteiger partial charge is 0.241 e. The Balaban J connectivity index is 1.96. The van der Waals surface area contributed by atoms with Gasteiger partial charge in [-0.1, -0.05) is 13.8 Å². The van der Waals surface area contributed by atoms with E-state index < -0.39 is 17.8 Å². The third-order valence-electron chi connectivity index (χ3n) is 4.00. The zero-order chi connectivity index (χ0) is 14.4. The molecule has 2 fully saturated rings. The monoisotopic (exact) mass is 280 g/mol. The molecule has 1 saturated carbocycles. The van der Waals surface area contributed by atoms with Crippen molar-refractivity contribution in [1.29, 1.82) is 0 Å². The van der Waals surface area contributed by atoms with Crippen LogP contribution in [0.25, 0.3) is 0 Å². The van der Waals surface area contributed by atoms with Crippen molar-refractivity contribution in [2.75, 3.05) is 0 Å². The van der Waals surface area contributed by atoms with Crippen LogP contribution < -0.4 is 5.32 Å². The second-order valence-corrected chi connectivity index (χ2v) is 5.93. The molecule has 0 aromatic heterocycles. The summed E-state index contributed by atoms with van der Waals surface area (Å²) >= 11 is 0. The first-order valence-corrected chi connectivity index (χ1v) is 7.02. The minimum atomic E-state index is -0.606. The predicted molar refractivity (Wildman–Crippen MR) is 70.7 cm³/mol. The maximum atomic E-state index is 14.0. The summed E-state index contributed by atoms with van der Waals surface area (Å²) in [5.74, 6) is -1.05. The Morgan fingerprint density at radius 2 is 2.00 bits per heavy atom. The number of benzene rings is 1. The number of hydrogen-bond donors (Lipinski definition) is 1. The fourth-order valence-corrected chi connectivity index (χ4v) is 2.79. The van der Waals surface area contributed by atoms with Gasteiger partial charge in [-0.3, -0.25) is 10.1 Å². The molecule has 1 N–H and O–H groups in total. The number of carbonyl (C=O) groups is 1. The largest absolute Gasteiger partial charge is 0.318 e. The second-order valence-electron chi connectivity index (χ2n) is 5.93. The number of nitrogens with one attached hydrogen (secondary N) is 1. The Kier molecular flexibility index (Phi) is 3.24. The Morgan fingerprint density at radius 1 is 1.30 bits per heavy atom. The van der Waals surface area contributed by atoms with Crippen LogP contribution in [0.2, 0.25) is 0 Å². The fourth-order valence-electron chi connectivity index (χ4n) is 2.79. The van der Waals surface area contributed by atoms with Crippen molar-refractivity contribution in [1.82, 2.24) is 10.2 Å². The van der Waals surface area contributed by atoms with Crippen molar-refractivity contribution >= 4 is 5.91 Å². The summed E-state index contributed by atoms with van der Waals surface area (Å²) in [7, 11) is 0. The molecule has 0 bridgehead atoms. The van der Waals surface area contributed by atoms with Gasteiger partial charge in [-0.15, -0.1) is 0 Å². The first-order valence-electron chi connectivity index (χ1n) is 7.02. The van der Waals surface area contributed by atoms with E-state index in [-0.39, 0.29) is 23.9 Å². The second kappa shape index (κ2) is 4.81. The minimum absolute atomic E-state index is 0.0243. The lowest BCUT2D eigenvalue weighted by Gasteiger charge is -2.24. The normalized spacial score (nSPS) is 26.6. The van der Waals surface area contributed by atoms with Crippen molar-refractivity contribution in [3.63, 3.8) is 0 Å². The highest BCUT2D eigenvalue weighted by Crippen LogP contribution is 2.39. The predicted octanol–water partition coefficient (Wildman–Crippen LogP) is 2.58. The lowest BCUT2D eigenvalue weighted by molar-refractivity contribution is -0.131. The van der Waals surface area contributed by atoms with Crippen molar-refractivity contribution in [3.05, 3.63) is 35.4 Å². The van der Waals surface area contributed by atoms with E-state index in [2.05, 4.69) is 5.32 Å².